The molecule has 1 atom stereocenters. The highest BCUT2D eigenvalue weighted by Gasteiger charge is 2.31. The molecule has 2 heterocycles. The van der Waals surface area contributed by atoms with Crippen molar-refractivity contribution < 1.29 is 27.9 Å². The Morgan fingerprint density at radius 2 is 1.90 bits per heavy atom. The maximum atomic E-state index is 13.0. The summed E-state index contributed by atoms with van der Waals surface area (Å²) in [7, 11) is 1.56. The van der Waals surface area contributed by atoms with Gasteiger partial charge < -0.3 is 19.4 Å². The topological polar surface area (TPSA) is 136 Å². The molecule has 0 radical (unpaired) electrons. The van der Waals surface area contributed by atoms with Crippen LogP contribution in [0, 0.1) is 6.92 Å². The van der Waals surface area contributed by atoms with Crippen LogP contribution in [0.2, 0.25) is 0 Å². The molecule has 2 aromatic carbocycles. The van der Waals surface area contributed by atoms with Crippen molar-refractivity contribution in [1.82, 2.24) is 14.6 Å². The van der Waals surface area contributed by atoms with Gasteiger partial charge in [0.1, 0.15) is 5.76 Å². The highest BCUT2D eigenvalue weighted by molar-refractivity contribution is 7.76. The molecule has 1 fully saturated rings. The molecule has 0 saturated heterocycles. The lowest BCUT2D eigenvalue weighted by molar-refractivity contribution is 0.0695. The molecule has 10 heteroatoms. The summed E-state index contributed by atoms with van der Waals surface area (Å²) in [6.07, 6.45) is 2.13. The number of pyridine rings is 1. The van der Waals surface area contributed by atoms with Gasteiger partial charge in [0.25, 0.3) is 5.91 Å². The van der Waals surface area contributed by atoms with E-state index in [1.54, 1.807) is 25.2 Å². The summed E-state index contributed by atoms with van der Waals surface area (Å²) in [6, 6.07) is 16.1. The molecule has 2 aromatic heterocycles. The number of nitrogens with zero attached hydrogens (tertiary/aromatic N) is 2. The van der Waals surface area contributed by atoms with Crippen LogP contribution in [-0.2, 0) is 24.2 Å². The monoisotopic (exact) mass is 546 g/mol. The number of aryl methyl sites for hydroxylation is 1. The summed E-state index contributed by atoms with van der Waals surface area (Å²) in [5.41, 5.74) is 4.63. The number of hydrogen-bond acceptors (Lipinski definition) is 6. The molecule has 9 nitrogen and oxygen atoms in total. The van der Waals surface area contributed by atoms with Crippen LogP contribution in [0.15, 0.2) is 59.0 Å². The number of carboxylic acids is 1. The number of amides is 1. The van der Waals surface area contributed by atoms with Crippen LogP contribution < -0.4 is 5.32 Å². The summed E-state index contributed by atoms with van der Waals surface area (Å²) in [5, 5.41) is 12.8. The minimum absolute atomic E-state index is 0.00297. The van der Waals surface area contributed by atoms with E-state index in [2.05, 4.69) is 5.32 Å². The van der Waals surface area contributed by atoms with E-state index in [1.807, 2.05) is 37.3 Å². The van der Waals surface area contributed by atoms with Crippen molar-refractivity contribution in [3.8, 4) is 11.3 Å². The first-order valence-electron chi connectivity index (χ1n) is 12.7. The van der Waals surface area contributed by atoms with E-state index < -0.39 is 17.2 Å². The predicted molar refractivity (Wildman–Crippen MR) is 146 cm³/mol. The van der Waals surface area contributed by atoms with Crippen molar-refractivity contribution in [2.45, 2.75) is 38.6 Å². The lowest BCUT2D eigenvalue weighted by Crippen LogP contribution is -2.29. The van der Waals surface area contributed by atoms with Gasteiger partial charge in [-0.05, 0) is 55.4 Å². The second-order valence-electron chi connectivity index (χ2n) is 9.70. The summed E-state index contributed by atoms with van der Waals surface area (Å²) in [4.78, 5) is 29.3. The number of fused-ring (bicyclic) bond motifs is 1. The zero-order valence-corrected chi connectivity index (χ0v) is 22.4. The quantitative estimate of drug-likeness (QED) is 0.278. The minimum Gasteiger partial charge on any atom is -0.760 e. The maximum Gasteiger partial charge on any atom is 0.335 e. The smallest absolute Gasteiger partial charge is 0.335 e. The van der Waals surface area contributed by atoms with Gasteiger partial charge in [-0.2, -0.15) is 0 Å². The van der Waals surface area contributed by atoms with Crippen LogP contribution in [0.1, 0.15) is 61.9 Å². The Kier molecular flexibility index (Phi) is 7.60. The number of carbonyl (C=O) groups is 2. The number of rotatable bonds is 10. The lowest BCUT2D eigenvalue weighted by atomic mass is 10.0. The number of benzene rings is 2. The normalized spacial score (nSPS) is 14.1. The first-order valence-corrected chi connectivity index (χ1v) is 13.7. The van der Waals surface area contributed by atoms with Crippen molar-refractivity contribution in [2.24, 2.45) is 0 Å². The zero-order valence-electron chi connectivity index (χ0n) is 21.6. The van der Waals surface area contributed by atoms with Crippen LogP contribution >= 0.6 is 0 Å². The summed E-state index contributed by atoms with van der Waals surface area (Å²) < 4.78 is 31.8. The molecule has 0 aliphatic heterocycles. The number of hydrogen-bond donors (Lipinski definition) is 2. The van der Waals surface area contributed by atoms with Crippen LogP contribution in [0.5, 0.6) is 0 Å². The Morgan fingerprint density at radius 3 is 2.54 bits per heavy atom. The molecule has 1 aliphatic rings. The van der Waals surface area contributed by atoms with Gasteiger partial charge in [-0.25, -0.2) is 14.1 Å². The number of furan rings is 1. The molecule has 5 rings (SSSR count). The zero-order chi connectivity index (χ0) is 27.7. The fraction of sp³-hybridized carbons (Fsp3) is 0.276. The lowest BCUT2D eigenvalue weighted by Gasteiger charge is -2.25. The van der Waals surface area contributed by atoms with Crippen LogP contribution in [-0.4, -0.2) is 48.6 Å². The van der Waals surface area contributed by atoms with Crippen molar-refractivity contribution in [2.75, 3.05) is 13.6 Å². The van der Waals surface area contributed by atoms with E-state index in [0.29, 0.717) is 28.0 Å². The fourth-order valence-electron chi connectivity index (χ4n) is 4.77. The van der Waals surface area contributed by atoms with Crippen LogP contribution in [0.25, 0.3) is 22.4 Å². The third-order valence-corrected chi connectivity index (χ3v) is 7.73. The second-order valence-corrected chi connectivity index (χ2v) is 10.6. The van der Waals surface area contributed by atoms with Gasteiger partial charge in [0.05, 0.1) is 28.8 Å². The number of aromatic nitrogens is 1. The van der Waals surface area contributed by atoms with E-state index in [9.17, 15) is 23.5 Å². The molecule has 2 N–H and O–H groups in total. The van der Waals surface area contributed by atoms with Crippen molar-refractivity contribution >= 4 is 34.2 Å². The molecule has 39 heavy (non-hydrogen) atoms. The number of carboxylic acid groups (broad SMARTS) is 1. The third kappa shape index (κ3) is 5.63. The molecule has 202 valence electrons. The van der Waals surface area contributed by atoms with Crippen molar-refractivity contribution in [3.63, 3.8) is 0 Å². The van der Waals surface area contributed by atoms with Gasteiger partial charge in [-0.3, -0.25) is 9.00 Å². The van der Waals surface area contributed by atoms with Gasteiger partial charge in [0, 0.05) is 30.4 Å². The summed E-state index contributed by atoms with van der Waals surface area (Å²) in [5.74, 6) is -0.718. The van der Waals surface area contributed by atoms with Gasteiger partial charge in [-0.1, -0.05) is 48.0 Å². The van der Waals surface area contributed by atoms with Gasteiger partial charge in [0.2, 0.25) is 5.71 Å². The maximum absolute atomic E-state index is 13.0. The average molecular weight is 547 g/mol. The van der Waals surface area contributed by atoms with Crippen molar-refractivity contribution in [3.05, 3.63) is 88.1 Å². The molecule has 1 unspecified atom stereocenters. The Morgan fingerprint density at radius 1 is 1.18 bits per heavy atom. The average Bonchev–Trinajstić information content (AvgIpc) is 3.71. The van der Waals surface area contributed by atoms with Crippen LogP contribution in [0.3, 0.4) is 0 Å². The van der Waals surface area contributed by atoms with E-state index in [-0.39, 0.29) is 42.6 Å². The number of nitrogens with one attached hydrogen (secondary N) is 1. The fourth-order valence-corrected chi connectivity index (χ4v) is 5.24. The molecular formula is C29H28N3O6S-. The van der Waals surface area contributed by atoms with Gasteiger partial charge in [0.15, 0.2) is 0 Å². The van der Waals surface area contributed by atoms with Gasteiger partial charge >= 0.3 is 5.97 Å². The number of carbonyl (C=O) groups excluding carboxylic acids is 1. The van der Waals surface area contributed by atoms with E-state index >= 15 is 0 Å². The molecule has 1 aliphatic carbocycles. The predicted octanol–water partition coefficient (Wildman–Crippen LogP) is 4.58. The largest absolute Gasteiger partial charge is 0.760 e. The van der Waals surface area contributed by atoms with Gasteiger partial charge in [-0.15, -0.1) is 0 Å². The highest BCUT2D eigenvalue weighted by atomic mass is 32.2. The Balaban J connectivity index is 1.53. The minimum atomic E-state index is -2.57. The first kappa shape index (κ1) is 26.7. The summed E-state index contributed by atoms with van der Waals surface area (Å²) in [6.45, 7) is 2.06. The number of aromatic carboxylic acids is 1. The molecule has 4 aromatic rings. The Labute approximate surface area is 228 Å². The molecule has 0 bridgehead atoms. The molecule has 0 spiro atoms. The second kappa shape index (κ2) is 11.1. The standard InChI is InChI=1S/C29H29N3O6S/c1-17-7-9-20(10-8-17)26-25(27(33)30-2)23-15-22(19-11-12-19)24(31-28(23)38-26)16-32(39(36)37)14-13-18-5-3-4-6-21(18)29(34)35/h3-10,15,19H,11-14,16H2,1-2H3,(H,30,33)(H,34,35)(H,36,37)/p-1. The highest BCUT2D eigenvalue weighted by Crippen LogP contribution is 2.44. The third-order valence-electron chi connectivity index (χ3n) is 7.00. The Bertz CT molecular complexity index is 1580. The SMILES string of the molecule is CNC(=O)c1c(-c2ccc(C)cc2)oc2nc(CN(CCc3ccccc3C(=O)O)S(=O)[O-])c(C3CC3)cc12. The molecular weight excluding hydrogens is 518 g/mol. The Hall–Kier alpha value is -3.86. The molecule has 1 amide bonds. The van der Waals surface area contributed by atoms with E-state index in [4.69, 9.17) is 9.40 Å². The van der Waals surface area contributed by atoms with Crippen LogP contribution in [0.4, 0.5) is 0 Å². The summed E-state index contributed by atoms with van der Waals surface area (Å²) >= 11 is -2.57. The first-order chi connectivity index (χ1) is 18.8. The molecule has 1 saturated carbocycles. The van der Waals surface area contributed by atoms with Crippen molar-refractivity contribution in [1.29, 1.82) is 0 Å². The van der Waals surface area contributed by atoms with E-state index in [1.165, 1.54) is 10.4 Å². The van der Waals surface area contributed by atoms with E-state index in [0.717, 1.165) is 29.5 Å².